The van der Waals surface area contributed by atoms with Crippen molar-refractivity contribution in [2.75, 3.05) is 18.0 Å². The van der Waals surface area contributed by atoms with Crippen LogP contribution in [-0.4, -0.2) is 18.2 Å². The molecule has 0 aliphatic carbocycles. The summed E-state index contributed by atoms with van der Waals surface area (Å²) < 4.78 is 0. The van der Waals surface area contributed by atoms with Gasteiger partial charge in [0.15, 0.2) is 5.11 Å². The van der Waals surface area contributed by atoms with E-state index in [2.05, 4.69) is 55.3 Å². The summed E-state index contributed by atoms with van der Waals surface area (Å²) in [5, 5.41) is 3.97. The zero-order chi connectivity index (χ0) is 11.3. The van der Waals surface area contributed by atoms with Gasteiger partial charge in [-0.2, -0.15) is 0 Å². The van der Waals surface area contributed by atoms with Crippen molar-refractivity contribution in [1.29, 1.82) is 0 Å². The Morgan fingerprint density at radius 1 is 1.40 bits per heavy atom. The first-order chi connectivity index (χ1) is 7.19. The number of benzene rings is 1. The summed E-state index contributed by atoms with van der Waals surface area (Å²) >= 11 is 5.31. The predicted molar refractivity (Wildman–Crippen MR) is 70.5 cm³/mol. The van der Waals surface area contributed by atoms with Crippen LogP contribution in [0.15, 0.2) is 24.3 Å². The maximum atomic E-state index is 5.31. The van der Waals surface area contributed by atoms with Gasteiger partial charge in [0.05, 0.1) is 0 Å². The third kappa shape index (κ3) is 3.20. The van der Waals surface area contributed by atoms with Crippen LogP contribution >= 0.6 is 12.2 Å². The molecule has 0 atom stereocenters. The van der Waals surface area contributed by atoms with Crippen molar-refractivity contribution >= 4 is 23.0 Å². The van der Waals surface area contributed by atoms with Crippen LogP contribution in [-0.2, 0) is 0 Å². The first kappa shape index (κ1) is 12.0. The van der Waals surface area contributed by atoms with Gasteiger partial charge in [-0.25, -0.2) is 0 Å². The van der Waals surface area contributed by atoms with Crippen LogP contribution in [0.2, 0.25) is 0 Å². The maximum absolute atomic E-state index is 5.31. The van der Waals surface area contributed by atoms with E-state index in [4.69, 9.17) is 12.2 Å². The van der Waals surface area contributed by atoms with E-state index in [9.17, 15) is 0 Å². The Labute approximate surface area is 97.3 Å². The number of anilines is 1. The topological polar surface area (TPSA) is 15.3 Å². The lowest BCUT2D eigenvalue weighted by molar-refractivity contribution is 0.928. The quantitative estimate of drug-likeness (QED) is 0.792. The first-order valence-corrected chi connectivity index (χ1v) is 5.71. The summed E-state index contributed by atoms with van der Waals surface area (Å²) in [6.45, 7) is 7.99. The second kappa shape index (κ2) is 5.71. The molecule has 0 bridgehead atoms. The van der Waals surface area contributed by atoms with E-state index in [0.29, 0.717) is 0 Å². The molecule has 1 N–H and O–H groups in total. The minimum Gasteiger partial charge on any atom is -0.363 e. The molecule has 0 aliphatic rings. The monoisotopic (exact) mass is 222 g/mol. The van der Waals surface area contributed by atoms with Crippen LogP contribution in [0.3, 0.4) is 0 Å². The normalized spacial score (nSPS) is 9.80. The fraction of sp³-hybridized carbons (Fsp3) is 0.417. The Bertz CT molecular complexity index is 336. The summed E-state index contributed by atoms with van der Waals surface area (Å²) in [6, 6.07) is 8.38. The van der Waals surface area contributed by atoms with E-state index in [1.54, 1.807) is 0 Å². The van der Waals surface area contributed by atoms with Gasteiger partial charge in [-0.05, 0) is 50.7 Å². The van der Waals surface area contributed by atoms with Gasteiger partial charge >= 0.3 is 0 Å². The van der Waals surface area contributed by atoms with E-state index in [-0.39, 0.29) is 0 Å². The lowest BCUT2D eigenvalue weighted by Crippen LogP contribution is -2.39. The van der Waals surface area contributed by atoms with Gasteiger partial charge < -0.3 is 10.2 Å². The van der Waals surface area contributed by atoms with Gasteiger partial charge in [-0.1, -0.05) is 12.1 Å². The molecule has 82 valence electrons. The molecular weight excluding hydrogens is 204 g/mol. The summed E-state index contributed by atoms with van der Waals surface area (Å²) in [6.07, 6.45) is 0. The largest absolute Gasteiger partial charge is 0.363 e. The number of rotatable bonds is 3. The molecule has 1 aromatic carbocycles. The van der Waals surface area contributed by atoms with Crippen molar-refractivity contribution in [3.63, 3.8) is 0 Å². The minimum atomic E-state index is 0.797. The number of nitrogens with zero attached hydrogens (tertiary/aromatic N) is 1. The van der Waals surface area contributed by atoms with Gasteiger partial charge in [0.1, 0.15) is 0 Å². The molecule has 0 fully saturated rings. The molecule has 3 heteroatoms. The van der Waals surface area contributed by atoms with E-state index < -0.39 is 0 Å². The average molecular weight is 222 g/mol. The van der Waals surface area contributed by atoms with Crippen molar-refractivity contribution in [3.05, 3.63) is 29.8 Å². The van der Waals surface area contributed by atoms with Crippen LogP contribution in [0.5, 0.6) is 0 Å². The van der Waals surface area contributed by atoms with Crippen LogP contribution in [0.25, 0.3) is 0 Å². The van der Waals surface area contributed by atoms with Crippen molar-refractivity contribution in [3.8, 4) is 0 Å². The van der Waals surface area contributed by atoms with E-state index in [0.717, 1.165) is 23.9 Å². The highest BCUT2D eigenvalue weighted by molar-refractivity contribution is 7.80. The maximum Gasteiger partial charge on any atom is 0.173 e. The second-order valence-electron chi connectivity index (χ2n) is 3.42. The standard InChI is InChI=1S/C12H18N2S/c1-4-13-12(15)14(5-2)11-8-6-7-10(3)9-11/h6-9H,4-5H2,1-3H3,(H,13,15). The average Bonchev–Trinajstić information content (AvgIpc) is 2.19. The Morgan fingerprint density at radius 3 is 2.67 bits per heavy atom. The van der Waals surface area contributed by atoms with Crippen LogP contribution < -0.4 is 10.2 Å². The summed E-state index contributed by atoms with van der Waals surface area (Å²) in [4.78, 5) is 2.10. The highest BCUT2D eigenvalue weighted by atomic mass is 32.1. The lowest BCUT2D eigenvalue weighted by atomic mass is 10.2. The van der Waals surface area contributed by atoms with Crippen LogP contribution in [0, 0.1) is 6.92 Å². The molecule has 0 amide bonds. The van der Waals surface area contributed by atoms with Crippen molar-refractivity contribution < 1.29 is 0 Å². The molecular formula is C12H18N2S. The molecule has 0 spiro atoms. The van der Waals surface area contributed by atoms with Gasteiger partial charge in [0, 0.05) is 18.8 Å². The fourth-order valence-electron chi connectivity index (χ4n) is 1.49. The summed E-state index contributed by atoms with van der Waals surface area (Å²) in [5.41, 5.74) is 2.41. The number of thiocarbonyl (C=S) groups is 1. The van der Waals surface area contributed by atoms with Gasteiger partial charge in [0.25, 0.3) is 0 Å². The Balaban J connectivity index is 2.87. The number of hydrogen-bond acceptors (Lipinski definition) is 1. The Hall–Kier alpha value is -1.09. The van der Waals surface area contributed by atoms with Gasteiger partial charge in [-0.15, -0.1) is 0 Å². The van der Waals surface area contributed by atoms with E-state index in [1.807, 2.05) is 0 Å². The third-order valence-electron chi connectivity index (χ3n) is 2.20. The molecule has 2 nitrogen and oxygen atoms in total. The third-order valence-corrected chi connectivity index (χ3v) is 2.57. The highest BCUT2D eigenvalue weighted by Gasteiger charge is 2.08. The van der Waals surface area contributed by atoms with Gasteiger partial charge in [0.2, 0.25) is 0 Å². The van der Waals surface area contributed by atoms with Crippen LogP contribution in [0.1, 0.15) is 19.4 Å². The van der Waals surface area contributed by atoms with Crippen LogP contribution in [0.4, 0.5) is 5.69 Å². The molecule has 15 heavy (non-hydrogen) atoms. The van der Waals surface area contributed by atoms with E-state index in [1.165, 1.54) is 5.56 Å². The smallest absolute Gasteiger partial charge is 0.173 e. The van der Waals surface area contributed by atoms with Crippen molar-refractivity contribution in [2.24, 2.45) is 0 Å². The summed E-state index contributed by atoms with van der Waals surface area (Å²) in [7, 11) is 0. The van der Waals surface area contributed by atoms with E-state index >= 15 is 0 Å². The first-order valence-electron chi connectivity index (χ1n) is 5.31. The van der Waals surface area contributed by atoms with Gasteiger partial charge in [-0.3, -0.25) is 0 Å². The molecule has 0 heterocycles. The zero-order valence-electron chi connectivity index (χ0n) is 9.58. The second-order valence-corrected chi connectivity index (χ2v) is 3.81. The molecule has 0 saturated heterocycles. The van der Waals surface area contributed by atoms with Crippen molar-refractivity contribution in [1.82, 2.24) is 5.32 Å². The number of hydrogen-bond donors (Lipinski definition) is 1. The highest BCUT2D eigenvalue weighted by Crippen LogP contribution is 2.15. The number of aryl methyl sites for hydroxylation is 1. The molecule has 0 aliphatic heterocycles. The Morgan fingerprint density at radius 2 is 2.13 bits per heavy atom. The molecule has 1 rings (SSSR count). The molecule has 0 aromatic heterocycles. The molecule has 0 unspecified atom stereocenters. The van der Waals surface area contributed by atoms with Crippen molar-refractivity contribution in [2.45, 2.75) is 20.8 Å². The zero-order valence-corrected chi connectivity index (χ0v) is 10.4. The Kier molecular flexibility index (Phi) is 4.56. The molecule has 1 aromatic rings. The lowest BCUT2D eigenvalue weighted by Gasteiger charge is -2.24. The number of nitrogens with one attached hydrogen (secondary N) is 1. The fourth-order valence-corrected chi connectivity index (χ4v) is 1.86. The minimum absolute atomic E-state index is 0.797. The SMILES string of the molecule is CCNC(=S)N(CC)c1cccc(C)c1. The molecule has 0 radical (unpaired) electrons. The predicted octanol–water partition coefficient (Wildman–Crippen LogP) is 2.72. The summed E-state index contributed by atoms with van der Waals surface area (Å²) in [5.74, 6) is 0. The molecule has 0 saturated carbocycles.